The smallest absolute Gasteiger partial charge is 0.317 e. The standard InChI is InChI=1S/C22H24N6O3/c1-31-22-17(3-2-8-24-22)19-13-18(21(23)26-25-19)15-4-6-16(7-5-15)28-11-9-27(10-12-28)14-20(29)30/h2-8,13H,9-12,14H2,1H3,(H2,23,26)(H,29,30). The van der Waals surface area contributed by atoms with Gasteiger partial charge in [0.1, 0.15) is 0 Å². The molecule has 0 aliphatic carbocycles. The number of anilines is 2. The quantitative estimate of drug-likeness (QED) is 0.617. The van der Waals surface area contributed by atoms with E-state index in [1.165, 1.54) is 0 Å². The minimum absolute atomic E-state index is 0.0884. The van der Waals surface area contributed by atoms with E-state index in [2.05, 4.69) is 20.1 Å². The summed E-state index contributed by atoms with van der Waals surface area (Å²) in [5, 5.41) is 17.3. The number of nitrogens with two attached hydrogens (primary N) is 1. The van der Waals surface area contributed by atoms with Crippen LogP contribution in [0.25, 0.3) is 22.4 Å². The lowest BCUT2D eigenvalue weighted by atomic mass is 10.0. The van der Waals surface area contributed by atoms with Crippen LogP contribution >= 0.6 is 0 Å². The minimum Gasteiger partial charge on any atom is -0.481 e. The van der Waals surface area contributed by atoms with Gasteiger partial charge in [-0.3, -0.25) is 9.69 Å². The molecule has 0 saturated carbocycles. The molecule has 31 heavy (non-hydrogen) atoms. The number of carboxylic acid groups (broad SMARTS) is 1. The van der Waals surface area contributed by atoms with Crippen molar-refractivity contribution >= 4 is 17.5 Å². The maximum Gasteiger partial charge on any atom is 0.317 e. The van der Waals surface area contributed by atoms with Crippen molar-refractivity contribution in [3.63, 3.8) is 0 Å². The van der Waals surface area contributed by atoms with E-state index in [1.54, 1.807) is 13.3 Å². The van der Waals surface area contributed by atoms with E-state index in [0.29, 0.717) is 17.4 Å². The van der Waals surface area contributed by atoms with Crippen molar-refractivity contribution < 1.29 is 14.6 Å². The maximum atomic E-state index is 10.9. The van der Waals surface area contributed by atoms with Crippen molar-refractivity contribution in [1.29, 1.82) is 0 Å². The fraction of sp³-hybridized carbons (Fsp3) is 0.273. The molecule has 3 aromatic rings. The van der Waals surface area contributed by atoms with Gasteiger partial charge in [-0.05, 0) is 35.9 Å². The topological polar surface area (TPSA) is 118 Å². The van der Waals surface area contributed by atoms with Crippen LogP contribution in [0, 0.1) is 0 Å². The molecule has 1 fully saturated rings. The second-order valence-electron chi connectivity index (χ2n) is 7.29. The first-order valence-electron chi connectivity index (χ1n) is 9.97. The summed E-state index contributed by atoms with van der Waals surface area (Å²) in [6, 6.07) is 13.7. The van der Waals surface area contributed by atoms with Crippen molar-refractivity contribution in [2.45, 2.75) is 0 Å². The number of aromatic nitrogens is 3. The van der Waals surface area contributed by atoms with Crippen LogP contribution in [-0.4, -0.2) is 71.0 Å². The second-order valence-corrected chi connectivity index (χ2v) is 7.29. The number of carboxylic acids is 1. The van der Waals surface area contributed by atoms with Gasteiger partial charge in [-0.25, -0.2) is 4.98 Å². The van der Waals surface area contributed by atoms with Gasteiger partial charge >= 0.3 is 5.97 Å². The normalized spacial score (nSPS) is 14.4. The van der Waals surface area contributed by atoms with E-state index >= 15 is 0 Å². The summed E-state index contributed by atoms with van der Waals surface area (Å²) in [6.45, 7) is 3.12. The number of hydrogen-bond donors (Lipinski definition) is 2. The number of nitrogens with zero attached hydrogens (tertiary/aromatic N) is 5. The van der Waals surface area contributed by atoms with Gasteiger partial charge in [-0.1, -0.05) is 12.1 Å². The van der Waals surface area contributed by atoms with Gasteiger partial charge in [0.05, 0.1) is 24.9 Å². The van der Waals surface area contributed by atoms with E-state index in [0.717, 1.165) is 48.6 Å². The number of pyridine rings is 1. The molecule has 0 radical (unpaired) electrons. The van der Waals surface area contributed by atoms with Gasteiger partial charge in [0.25, 0.3) is 0 Å². The van der Waals surface area contributed by atoms with Crippen LogP contribution in [0.5, 0.6) is 5.88 Å². The summed E-state index contributed by atoms with van der Waals surface area (Å²) in [7, 11) is 1.57. The third-order valence-corrected chi connectivity index (χ3v) is 5.34. The van der Waals surface area contributed by atoms with E-state index in [9.17, 15) is 4.79 Å². The first-order chi connectivity index (χ1) is 15.0. The Morgan fingerprint density at radius 3 is 2.52 bits per heavy atom. The van der Waals surface area contributed by atoms with Crippen molar-refractivity contribution in [3.8, 4) is 28.3 Å². The lowest BCUT2D eigenvalue weighted by Crippen LogP contribution is -2.47. The molecule has 0 unspecified atom stereocenters. The van der Waals surface area contributed by atoms with Crippen LogP contribution in [0.2, 0.25) is 0 Å². The monoisotopic (exact) mass is 420 g/mol. The summed E-state index contributed by atoms with van der Waals surface area (Å²) in [5.74, 6) is 0.0381. The minimum atomic E-state index is -0.787. The molecule has 3 N–H and O–H groups in total. The molecule has 9 heteroatoms. The zero-order valence-electron chi connectivity index (χ0n) is 17.2. The van der Waals surface area contributed by atoms with Crippen LogP contribution in [-0.2, 0) is 4.79 Å². The van der Waals surface area contributed by atoms with Gasteiger partial charge in [0.2, 0.25) is 5.88 Å². The highest BCUT2D eigenvalue weighted by Crippen LogP contribution is 2.32. The zero-order chi connectivity index (χ0) is 21.8. The van der Waals surface area contributed by atoms with Crippen LogP contribution in [0.3, 0.4) is 0 Å². The Morgan fingerprint density at radius 2 is 1.84 bits per heavy atom. The van der Waals surface area contributed by atoms with Gasteiger partial charge in [0.15, 0.2) is 5.82 Å². The first-order valence-corrected chi connectivity index (χ1v) is 9.97. The summed E-state index contributed by atoms with van der Waals surface area (Å²) in [4.78, 5) is 19.3. The average molecular weight is 420 g/mol. The van der Waals surface area contributed by atoms with Crippen LogP contribution < -0.4 is 15.4 Å². The third kappa shape index (κ3) is 4.56. The van der Waals surface area contributed by atoms with E-state index < -0.39 is 5.97 Å². The number of rotatable bonds is 6. The molecule has 2 aromatic heterocycles. The Balaban J connectivity index is 1.54. The molecule has 1 aromatic carbocycles. The molecular formula is C22H24N6O3. The second kappa shape index (κ2) is 8.97. The molecule has 0 bridgehead atoms. The van der Waals surface area contributed by atoms with E-state index in [-0.39, 0.29) is 6.54 Å². The lowest BCUT2D eigenvalue weighted by molar-refractivity contribution is -0.138. The molecule has 9 nitrogen and oxygen atoms in total. The number of piperazine rings is 1. The van der Waals surface area contributed by atoms with Crippen LogP contribution in [0.1, 0.15) is 0 Å². The summed E-state index contributed by atoms with van der Waals surface area (Å²) in [5.41, 5.74) is 10.3. The molecule has 1 aliphatic rings. The number of hydrogen-bond acceptors (Lipinski definition) is 8. The highest BCUT2D eigenvalue weighted by atomic mass is 16.5. The number of aliphatic carboxylic acids is 1. The number of nitrogen functional groups attached to an aromatic ring is 1. The largest absolute Gasteiger partial charge is 0.481 e. The highest BCUT2D eigenvalue weighted by molar-refractivity contribution is 5.79. The molecule has 3 heterocycles. The molecule has 160 valence electrons. The predicted octanol–water partition coefficient (Wildman–Crippen LogP) is 2.00. The predicted molar refractivity (Wildman–Crippen MR) is 118 cm³/mol. The van der Waals surface area contributed by atoms with Crippen molar-refractivity contribution in [2.75, 3.05) is 50.5 Å². The van der Waals surface area contributed by atoms with Crippen LogP contribution in [0.4, 0.5) is 11.5 Å². The third-order valence-electron chi connectivity index (χ3n) is 5.34. The highest BCUT2D eigenvalue weighted by Gasteiger charge is 2.19. The zero-order valence-corrected chi connectivity index (χ0v) is 17.2. The Hall–Kier alpha value is -3.72. The lowest BCUT2D eigenvalue weighted by Gasteiger charge is -2.35. The van der Waals surface area contributed by atoms with E-state index in [1.807, 2.05) is 47.4 Å². The Kier molecular flexibility index (Phi) is 5.94. The molecule has 1 saturated heterocycles. The number of benzene rings is 1. The Bertz CT molecular complexity index is 1070. The first kappa shape index (κ1) is 20.5. The molecule has 1 aliphatic heterocycles. The number of ether oxygens (including phenoxy) is 1. The average Bonchev–Trinajstić information content (AvgIpc) is 2.80. The summed E-state index contributed by atoms with van der Waals surface area (Å²) >= 11 is 0. The van der Waals surface area contributed by atoms with Crippen LogP contribution in [0.15, 0.2) is 48.7 Å². The number of methoxy groups -OCH3 is 1. The van der Waals surface area contributed by atoms with Crippen molar-refractivity contribution in [3.05, 3.63) is 48.7 Å². The van der Waals surface area contributed by atoms with Gasteiger partial charge < -0.3 is 20.5 Å². The molecule has 0 atom stereocenters. The Morgan fingerprint density at radius 1 is 1.10 bits per heavy atom. The van der Waals surface area contributed by atoms with Crippen molar-refractivity contribution in [1.82, 2.24) is 20.1 Å². The number of carbonyl (C=O) groups is 1. The SMILES string of the molecule is COc1ncccc1-c1cc(-c2ccc(N3CCN(CC(=O)O)CC3)cc2)c(N)nn1. The summed E-state index contributed by atoms with van der Waals surface area (Å²) in [6.07, 6.45) is 1.66. The maximum absolute atomic E-state index is 10.9. The van der Waals surface area contributed by atoms with Gasteiger partial charge in [-0.15, -0.1) is 10.2 Å². The Labute approximate surface area is 180 Å². The fourth-order valence-corrected chi connectivity index (χ4v) is 3.72. The fourth-order valence-electron chi connectivity index (χ4n) is 3.72. The molecule has 4 rings (SSSR count). The molecule has 0 amide bonds. The van der Waals surface area contributed by atoms with Gasteiger partial charge in [0, 0.05) is 43.6 Å². The van der Waals surface area contributed by atoms with E-state index in [4.69, 9.17) is 15.6 Å². The molecule has 0 spiro atoms. The van der Waals surface area contributed by atoms with Gasteiger partial charge in [-0.2, -0.15) is 0 Å². The van der Waals surface area contributed by atoms with Crippen molar-refractivity contribution in [2.24, 2.45) is 0 Å². The summed E-state index contributed by atoms with van der Waals surface area (Å²) < 4.78 is 5.34. The molecular weight excluding hydrogens is 396 g/mol.